The first kappa shape index (κ1) is 20.8. The Balaban J connectivity index is 1.64. The Morgan fingerprint density at radius 1 is 0.966 bits per heavy atom. The molecule has 0 aliphatic rings. The molecule has 29 heavy (non-hydrogen) atoms. The van der Waals surface area contributed by atoms with Gasteiger partial charge in [0.2, 0.25) is 5.78 Å². The lowest BCUT2D eigenvalue weighted by molar-refractivity contribution is 0.0998. The van der Waals surface area contributed by atoms with Gasteiger partial charge in [-0.1, -0.05) is 24.3 Å². The Morgan fingerprint density at radius 3 is 2.34 bits per heavy atom. The van der Waals surface area contributed by atoms with Gasteiger partial charge in [0.15, 0.2) is 0 Å². The van der Waals surface area contributed by atoms with Crippen LogP contribution in [0.4, 0.5) is 5.69 Å². The van der Waals surface area contributed by atoms with Crippen LogP contribution in [0.25, 0.3) is 0 Å². The van der Waals surface area contributed by atoms with Gasteiger partial charge < -0.3 is 15.0 Å². The van der Waals surface area contributed by atoms with Crippen molar-refractivity contribution in [3.8, 4) is 5.75 Å². The zero-order valence-electron chi connectivity index (χ0n) is 16.6. The first-order valence-corrected chi connectivity index (χ1v) is 10.3. The predicted molar refractivity (Wildman–Crippen MR) is 117 cm³/mol. The molecule has 0 spiro atoms. The Bertz CT molecular complexity index is 951. The van der Waals surface area contributed by atoms with Gasteiger partial charge in [-0.15, -0.1) is 11.3 Å². The summed E-state index contributed by atoms with van der Waals surface area (Å²) in [5.41, 5.74) is 1.40. The Kier molecular flexibility index (Phi) is 7.16. The quantitative estimate of drug-likeness (QED) is 0.416. The summed E-state index contributed by atoms with van der Waals surface area (Å²) in [4.78, 5) is 28.2. The van der Waals surface area contributed by atoms with Crippen molar-refractivity contribution in [2.45, 2.75) is 6.42 Å². The maximum atomic E-state index is 12.8. The second-order valence-electron chi connectivity index (χ2n) is 6.84. The predicted octanol–water partition coefficient (Wildman–Crippen LogP) is 4.56. The Labute approximate surface area is 174 Å². The third kappa shape index (κ3) is 5.76. The molecule has 0 saturated heterocycles. The van der Waals surface area contributed by atoms with Gasteiger partial charge in [-0.2, -0.15) is 0 Å². The lowest BCUT2D eigenvalue weighted by atomic mass is 10.0. The number of thiophene rings is 1. The van der Waals surface area contributed by atoms with Crippen LogP contribution >= 0.6 is 11.3 Å². The highest BCUT2D eigenvalue weighted by Crippen LogP contribution is 2.21. The van der Waals surface area contributed by atoms with Crippen LogP contribution in [-0.2, 0) is 0 Å². The minimum Gasteiger partial charge on any atom is -0.494 e. The average Bonchev–Trinajstić information content (AvgIpc) is 3.26. The van der Waals surface area contributed by atoms with E-state index >= 15 is 0 Å². The maximum absolute atomic E-state index is 12.8. The van der Waals surface area contributed by atoms with Crippen molar-refractivity contribution in [1.82, 2.24) is 4.90 Å². The molecule has 0 fully saturated rings. The van der Waals surface area contributed by atoms with Crippen molar-refractivity contribution < 1.29 is 14.3 Å². The SMILES string of the molecule is CN(C)CCCOc1ccc(NC(=O)c2ccccc2C(=O)c2cccs2)cc1. The summed E-state index contributed by atoms with van der Waals surface area (Å²) in [6.07, 6.45) is 0.945. The second-order valence-corrected chi connectivity index (χ2v) is 7.78. The zero-order valence-corrected chi connectivity index (χ0v) is 17.4. The number of benzene rings is 2. The molecule has 150 valence electrons. The molecule has 1 amide bonds. The van der Waals surface area contributed by atoms with E-state index in [0.717, 1.165) is 18.7 Å². The van der Waals surface area contributed by atoms with E-state index < -0.39 is 0 Å². The average molecular weight is 409 g/mol. The molecule has 2 aromatic carbocycles. The van der Waals surface area contributed by atoms with E-state index in [2.05, 4.69) is 10.2 Å². The molecule has 0 aliphatic heterocycles. The van der Waals surface area contributed by atoms with Gasteiger partial charge in [0.1, 0.15) is 5.75 Å². The van der Waals surface area contributed by atoms with Crippen LogP contribution in [-0.4, -0.2) is 43.8 Å². The lowest BCUT2D eigenvalue weighted by Gasteiger charge is -2.11. The number of hydrogen-bond donors (Lipinski definition) is 1. The molecule has 0 radical (unpaired) electrons. The number of rotatable bonds is 9. The van der Waals surface area contributed by atoms with Crippen molar-refractivity contribution in [1.29, 1.82) is 0 Å². The van der Waals surface area contributed by atoms with Gasteiger partial charge in [-0.05, 0) is 62.3 Å². The number of nitrogens with one attached hydrogen (secondary N) is 1. The molecular formula is C23H24N2O3S. The molecule has 0 saturated carbocycles. The number of carbonyl (C=O) groups excluding carboxylic acids is 2. The first-order chi connectivity index (χ1) is 14.0. The number of ether oxygens (including phenoxy) is 1. The van der Waals surface area contributed by atoms with Crippen molar-refractivity contribution in [3.63, 3.8) is 0 Å². The molecule has 0 aliphatic carbocycles. The minimum absolute atomic E-state index is 0.146. The molecule has 0 unspecified atom stereocenters. The smallest absolute Gasteiger partial charge is 0.256 e. The molecule has 0 bridgehead atoms. The third-order valence-electron chi connectivity index (χ3n) is 4.29. The largest absolute Gasteiger partial charge is 0.494 e. The zero-order chi connectivity index (χ0) is 20.6. The highest BCUT2D eigenvalue weighted by atomic mass is 32.1. The monoisotopic (exact) mass is 408 g/mol. The summed E-state index contributed by atoms with van der Waals surface area (Å²) in [6, 6.07) is 17.7. The van der Waals surface area contributed by atoms with Crippen molar-refractivity contribution >= 4 is 28.7 Å². The summed E-state index contributed by atoms with van der Waals surface area (Å²) in [5.74, 6) is 0.299. The molecule has 5 nitrogen and oxygen atoms in total. The van der Waals surface area contributed by atoms with Crippen LogP contribution in [0.5, 0.6) is 5.75 Å². The van der Waals surface area contributed by atoms with E-state index in [9.17, 15) is 9.59 Å². The van der Waals surface area contributed by atoms with Crippen molar-refractivity contribution in [3.05, 3.63) is 82.0 Å². The van der Waals surface area contributed by atoms with E-state index in [1.54, 1.807) is 42.5 Å². The van der Waals surface area contributed by atoms with Crippen molar-refractivity contribution in [2.24, 2.45) is 0 Å². The summed E-state index contributed by atoms with van der Waals surface area (Å²) in [5, 5.41) is 4.71. The van der Waals surface area contributed by atoms with E-state index in [4.69, 9.17) is 4.74 Å². The van der Waals surface area contributed by atoms with Crippen LogP contribution < -0.4 is 10.1 Å². The van der Waals surface area contributed by atoms with Crippen LogP contribution in [0.2, 0.25) is 0 Å². The number of carbonyl (C=O) groups is 2. The maximum Gasteiger partial charge on any atom is 0.256 e. The molecular weight excluding hydrogens is 384 g/mol. The number of amides is 1. The molecule has 1 heterocycles. The molecule has 1 aromatic heterocycles. The van der Waals surface area contributed by atoms with Gasteiger partial charge in [-0.25, -0.2) is 0 Å². The van der Waals surface area contributed by atoms with Gasteiger partial charge in [0.05, 0.1) is 17.0 Å². The van der Waals surface area contributed by atoms with Gasteiger partial charge >= 0.3 is 0 Å². The molecule has 1 N–H and O–H groups in total. The van der Waals surface area contributed by atoms with Gasteiger partial charge in [-0.3, -0.25) is 9.59 Å². The van der Waals surface area contributed by atoms with Gasteiger partial charge in [0.25, 0.3) is 5.91 Å². The molecule has 3 aromatic rings. The highest BCUT2D eigenvalue weighted by molar-refractivity contribution is 7.12. The summed E-state index contributed by atoms with van der Waals surface area (Å²) >= 11 is 1.36. The lowest BCUT2D eigenvalue weighted by Crippen LogP contribution is -2.16. The first-order valence-electron chi connectivity index (χ1n) is 9.41. The van der Waals surface area contributed by atoms with E-state index in [0.29, 0.717) is 28.3 Å². The number of nitrogens with zero attached hydrogens (tertiary/aromatic N) is 1. The third-order valence-corrected chi connectivity index (χ3v) is 5.16. The highest BCUT2D eigenvalue weighted by Gasteiger charge is 2.18. The number of anilines is 1. The summed E-state index contributed by atoms with van der Waals surface area (Å²) in [6.45, 7) is 1.61. The van der Waals surface area contributed by atoms with E-state index in [1.165, 1.54) is 11.3 Å². The fourth-order valence-electron chi connectivity index (χ4n) is 2.82. The molecule has 0 atom stereocenters. The Hall–Kier alpha value is -2.96. The topological polar surface area (TPSA) is 58.6 Å². The van der Waals surface area contributed by atoms with Gasteiger partial charge in [0, 0.05) is 17.8 Å². The number of hydrogen-bond acceptors (Lipinski definition) is 5. The van der Waals surface area contributed by atoms with Crippen LogP contribution in [0.15, 0.2) is 66.0 Å². The summed E-state index contributed by atoms with van der Waals surface area (Å²) < 4.78 is 5.71. The van der Waals surface area contributed by atoms with E-state index in [-0.39, 0.29) is 11.7 Å². The van der Waals surface area contributed by atoms with Crippen molar-refractivity contribution in [2.75, 3.05) is 32.6 Å². The second kappa shape index (κ2) is 10.0. The Morgan fingerprint density at radius 2 is 1.69 bits per heavy atom. The van der Waals surface area contributed by atoms with Crippen LogP contribution in [0.3, 0.4) is 0 Å². The molecule has 6 heteroatoms. The standard InChI is InChI=1S/C23H24N2O3S/c1-25(2)14-6-15-28-18-12-10-17(11-13-18)24-23(27)20-8-4-3-7-19(20)22(26)21-9-5-16-29-21/h3-5,7-13,16H,6,14-15H2,1-2H3,(H,24,27). The molecule has 3 rings (SSSR count). The van der Waals surface area contributed by atoms with Crippen LogP contribution in [0.1, 0.15) is 32.0 Å². The summed E-state index contributed by atoms with van der Waals surface area (Å²) in [7, 11) is 4.06. The number of ketones is 1. The van der Waals surface area contributed by atoms with Crippen LogP contribution in [0, 0.1) is 0 Å². The fourth-order valence-corrected chi connectivity index (χ4v) is 3.50. The fraction of sp³-hybridized carbons (Fsp3) is 0.217. The van der Waals surface area contributed by atoms with E-state index in [1.807, 2.05) is 37.7 Å². The minimum atomic E-state index is -0.315. The normalized spacial score (nSPS) is 10.7.